The van der Waals surface area contributed by atoms with Crippen molar-refractivity contribution in [2.75, 3.05) is 11.9 Å². The van der Waals surface area contributed by atoms with Gasteiger partial charge in [0.1, 0.15) is 0 Å². The van der Waals surface area contributed by atoms with Gasteiger partial charge in [0, 0.05) is 30.8 Å². The zero-order valence-corrected chi connectivity index (χ0v) is 10.2. The fourth-order valence-electron chi connectivity index (χ4n) is 2.46. The fraction of sp³-hybridized carbons (Fsp3) is 0.267. The van der Waals surface area contributed by atoms with Gasteiger partial charge in [-0.15, -0.1) is 12.3 Å². The number of hydrogen-bond acceptors (Lipinski definition) is 2. The summed E-state index contributed by atoms with van der Waals surface area (Å²) in [5, 5.41) is 3.46. The lowest BCUT2D eigenvalue weighted by Crippen LogP contribution is -2.00. The number of nitrogens with one attached hydrogen (secondary N) is 1. The van der Waals surface area contributed by atoms with Gasteiger partial charge >= 0.3 is 0 Å². The first-order chi connectivity index (χ1) is 8.90. The SMILES string of the molecule is C#CCCn1cncc1-c1cccc2c1NCC2. The van der Waals surface area contributed by atoms with Crippen LogP contribution in [0, 0.1) is 12.3 Å². The quantitative estimate of drug-likeness (QED) is 0.831. The predicted molar refractivity (Wildman–Crippen MR) is 73.3 cm³/mol. The van der Waals surface area contributed by atoms with Gasteiger partial charge in [-0.25, -0.2) is 4.98 Å². The third-order valence-corrected chi connectivity index (χ3v) is 3.33. The van der Waals surface area contributed by atoms with Gasteiger partial charge in [0.15, 0.2) is 0 Å². The summed E-state index contributed by atoms with van der Waals surface area (Å²) in [4.78, 5) is 4.24. The molecule has 0 unspecified atom stereocenters. The number of aromatic nitrogens is 2. The van der Waals surface area contributed by atoms with Crippen molar-refractivity contribution in [1.29, 1.82) is 0 Å². The van der Waals surface area contributed by atoms with Crippen LogP contribution in [0.15, 0.2) is 30.7 Å². The van der Waals surface area contributed by atoms with Crippen LogP contribution in [-0.4, -0.2) is 16.1 Å². The Bertz CT molecular complexity index is 604. The van der Waals surface area contributed by atoms with E-state index in [1.807, 2.05) is 12.5 Å². The van der Waals surface area contributed by atoms with Crippen LogP contribution >= 0.6 is 0 Å². The lowest BCUT2D eigenvalue weighted by molar-refractivity contribution is 0.725. The van der Waals surface area contributed by atoms with Crippen LogP contribution in [0.1, 0.15) is 12.0 Å². The van der Waals surface area contributed by atoms with Crippen molar-refractivity contribution in [1.82, 2.24) is 9.55 Å². The Kier molecular flexibility index (Phi) is 2.77. The molecule has 1 aliphatic heterocycles. The van der Waals surface area contributed by atoms with Crippen LogP contribution in [0.5, 0.6) is 0 Å². The molecule has 0 fully saturated rings. The fourth-order valence-corrected chi connectivity index (χ4v) is 2.46. The van der Waals surface area contributed by atoms with Crippen molar-refractivity contribution >= 4 is 5.69 Å². The van der Waals surface area contributed by atoms with Crippen molar-refractivity contribution in [3.05, 3.63) is 36.3 Å². The average Bonchev–Trinajstić information content (AvgIpc) is 3.04. The molecule has 0 saturated heterocycles. The molecule has 2 heterocycles. The molecule has 0 bridgehead atoms. The summed E-state index contributed by atoms with van der Waals surface area (Å²) in [6, 6.07) is 6.43. The standard InChI is InChI=1S/C15H15N3/c1-2-3-9-18-11-16-10-14(18)13-6-4-5-12-7-8-17-15(12)13/h1,4-6,10-11,17H,3,7-9H2. The van der Waals surface area contributed by atoms with Crippen LogP contribution < -0.4 is 5.32 Å². The van der Waals surface area contributed by atoms with E-state index in [1.54, 1.807) is 0 Å². The van der Waals surface area contributed by atoms with Crippen molar-refractivity contribution < 1.29 is 0 Å². The Morgan fingerprint density at radius 2 is 2.39 bits per heavy atom. The highest BCUT2D eigenvalue weighted by Crippen LogP contribution is 2.34. The van der Waals surface area contributed by atoms with Gasteiger partial charge in [-0.1, -0.05) is 18.2 Å². The largest absolute Gasteiger partial charge is 0.384 e. The summed E-state index contributed by atoms with van der Waals surface area (Å²) < 4.78 is 2.12. The van der Waals surface area contributed by atoms with Crippen LogP contribution in [0.2, 0.25) is 0 Å². The normalized spacial score (nSPS) is 12.8. The Hall–Kier alpha value is -2.21. The monoisotopic (exact) mass is 237 g/mol. The maximum Gasteiger partial charge on any atom is 0.0951 e. The van der Waals surface area contributed by atoms with Gasteiger partial charge in [-0.2, -0.15) is 0 Å². The molecule has 3 heteroatoms. The van der Waals surface area contributed by atoms with Crippen LogP contribution in [0.3, 0.4) is 0 Å². The summed E-state index contributed by atoms with van der Waals surface area (Å²) >= 11 is 0. The molecule has 0 amide bonds. The number of hydrogen-bond donors (Lipinski definition) is 1. The molecule has 1 aromatic heterocycles. The lowest BCUT2D eigenvalue weighted by atomic mass is 10.1. The molecule has 0 atom stereocenters. The summed E-state index contributed by atoms with van der Waals surface area (Å²) in [5.74, 6) is 2.67. The van der Waals surface area contributed by atoms with Crippen LogP contribution in [-0.2, 0) is 13.0 Å². The first-order valence-electron chi connectivity index (χ1n) is 6.20. The van der Waals surface area contributed by atoms with Crippen molar-refractivity contribution in [2.45, 2.75) is 19.4 Å². The van der Waals surface area contributed by atoms with Crippen molar-refractivity contribution in [3.8, 4) is 23.6 Å². The number of nitrogens with zero attached hydrogens (tertiary/aromatic N) is 2. The first kappa shape index (κ1) is 10.9. The third kappa shape index (κ3) is 1.76. The van der Waals surface area contributed by atoms with Gasteiger partial charge in [0.25, 0.3) is 0 Å². The topological polar surface area (TPSA) is 29.9 Å². The molecule has 0 spiro atoms. The van der Waals surface area contributed by atoms with E-state index in [1.165, 1.54) is 16.8 Å². The molecule has 0 aliphatic carbocycles. The number of imidazole rings is 1. The molecule has 0 saturated carbocycles. The number of fused-ring (bicyclic) bond motifs is 1. The van der Waals surface area contributed by atoms with Gasteiger partial charge in [-0.05, 0) is 12.0 Å². The molecule has 1 aromatic carbocycles. The van der Waals surface area contributed by atoms with Crippen molar-refractivity contribution in [3.63, 3.8) is 0 Å². The van der Waals surface area contributed by atoms with Gasteiger partial charge in [0.05, 0.1) is 18.2 Å². The molecular formula is C15H15N3. The van der Waals surface area contributed by atoms with E-state index in [4.69, 9.17) is 6.42 Å². The van der Waals surface area contributed by atoms with E-state index in [0.29, 0.717) is 0 Å². The molecule has 1 aliphatic rings. The molecular weight excluding hydrogens is 222 g/mol. The maximum absolute atomic E-state index is 5.33. The van der Waals surface area contributed by atoms with E-state index < -0.39 is 0 Å². The van der Waals surface area contributed by atoms with E-state index in [9.17, 15) is 0 Å². The second-order valence-corrected chi connectivity index (χ2v) is 4.44. The van der Waals surface area contributed by atoms with Gasteiger partial charge in [-0.3, -0.25) is 0 Å². The van der Waals surface area contributed by atoms with E-state index >= 15 is 0 Å². The second-order valence-electron chi connectivity index (χ2n) is 4.44. The lowest BCUT2D eigenvalue weighted by Gasteiger charge is -2.11. The minimum Gasteiger partial charge on any atom is -0.384 e. The molecule has 2 aromatic rings. The van der Waals surface area contributed by atoms with Crippen molar-refractivity contribution in [2.24, 2.45) is 0 Å². The highest BCUT2D eigenvalue weighted by Gasteiger charge is 2.16. The zero-order valence-electron chi connectivity index (χ0n) is 10.2. The molecule has 18 heavy (non-hydrogen) atoms. The zero-order chi connectivity index (χ0) is 12.4. The number of para-hydroxylation sites is 1. The van der Waals surface area contributed by atoms with E-state index in [2.05, 4.69) is 39.0 Å². The second kappa shape index (κ2) is 4.58. The highest BCUT2D eigenvalue weighted by molar-refractivity contribution is 5.79. The van der Waals surface area contributed by atoms with E-state index in [-0.39, 0.29) is 0 Å². The van der Waals surface area contributed by atoms with Crippen LogP contribution in [0.25, 0.3) is 11.3 Å². The Labute approximate surface area is 107 Å². The highest BCUT2D eigenvalue weighted by atomic mass is 15.0. The Morgan fingerprint density at radius 1 is 1.44 bits per heavy atom. The number of benzene rings is 1. The molecule has 3 nitrogen and oxygen atoms in total. The van der Waals surface area contributed by atoms with Gasteiger partial charge < -0.3 is 9.88 Å². The molecule has 3 rings (SSSR count). The maximum atomic E-state index is 5.33. The minimum absolute atomic E-state index is 0.728. The Morgan fingerprint density at radius 3 is 3.28 bits per heavy atom. The first-order valence-corrected chi connectivity index (χ1v) is 6.20. The van der Waals surface area contributed by atoms with Gasteiger partial charge in [0.2, 0.25) is 0 Å². The number of terminal acetylenes is 1. The molecule has 0 radical (unpaired) electrons. The predicted octanol–water partition coefficient (Wildman–Crippen LogP) is 2.54. The third-order valence-electron chi connectivity index (χ3n) is 3.33. The number of rotatable bonds is 3. The molecule has 1 N–H and O–H groups in total. The molecule has 90 valence electrons. The van der Waals surface area contributed by atoms with E-state index in [0.717, 1.165) is 31.6 Å². The van der Waals surface area contributed by atoms with Crippen LogP contribution in [0.4, 0.5) is 5.69 Å². The summed E-state index contributed by atoms with van der Waals surface area (Å²) in [6.45, 7) is 1.83. The Balaban J connectivity index is 2.03. The number of aryl methyl sites for hydroxylation is 1. The summed E-state index contributed by atoms with van der Waals surface area (Å²) in [5.41, 5.74) is 4.99. The smallest absolute Gasteiger partial charge is 0.0951 e. The minimum atomic E-state index is 0.728. The average molecular weight is 237 g/mol. The summed E-state index contributed by atoms with van der Waals surface area (Å²) in [7, 11) is 0. The number of anilines is 1. The summed E-state index contributed by atoms with van der Waals surface area (Å²) in [6.07, 6.45) is 10.9.